The molecule has 1 amide bonds. The SMILES string of the molecule is COCCCOc1cc(CO[C@H]2CN(C(=O)[C@H](C)N)C[C@@H](O)[C@@H]2c2ccc(OCCCOCc3ccccc3OC)cc2)ccc1OC. The largest absolute Gasteiger partial charge is 0.496 e. The lowest BCUT2D eigenvalue weighted by Gasteiger charge is -2.42. The smallest absolute Gasteiger partial charge is 0.239 e. The third-order valence-electron chi connectivity index (χ3n) is 8.18. The number of carbonyl (C=O) groups excluding carboxylic acids is 1. The summed E-state index contributed by atoms with van der Waals surface area (Å²) in [4.78, 5) is 14.4. The van der Waals surface area contributed by atoms with E-state index in [1.165, 1.54) is 0 Å². The first-order valence-electron chi connectivity index (χ1n) is 16.4. The summed E-state index contributed by atoms with van der Waals surface area (Å²) in [6.45, 7) is 4.96. The van der Waals surface area contributed by atoms with Crippen LogP contribution in [0.25, 0.3) is 0 Å². The zero-order valence-corrected chi connectivity index (χ0v) is 28.5. The van der Waals surface area contributed by atoms with E-state index in [0.29, 0.717) is 51.1 Å². The Morgan fingerprint density at radius 2 is 1.58 bits per heavy atom. The molecule has 0 bridgehead atoms. The molecular weight excluding hydrogens is 616 g/mol. The lowest BCUT2D eigenvalue weighted by Crippen LogP contribution is -2.56. The summed E-state index contributed by atoms with van der Waals surface area (Å²) in [6.07, 6.45) is 0.128. The molecular formula is C37H50N2O9. The number of amides is 1. The van der Waals surface area contributed by atoms with E-state index < -0.39 is 18.2 Å². The lowest BCUT2D eigenvalue weighted by atomic mass is 9.84. The molecule has 0 aliphatic carbocycles. The maximum atomic E-state index is 12.8. The third kappa shape index (κ3) is 10.6. The van der Waals surface area contributed by atoms with Gasteiger partial charge in [-0.25, -0.2) is 0 Å². The van der Waals surface area contributed by atoms with Crippen LogP contribution in [0.4, 0.5) is 0 Å². The number of aliphatic hydroxyl groups is 1. The Kier molecular flexibility index (Phi) is 14.8. The molecule has 48 heavy (non-hydrogen) atoms. The Morgan fingerprint density at radius 1 is 0.854 bits per heavy atom. The maximum absolute atomic E-state index is 12.8. The summed E-state index contributed by atoms with van der Waals surface area (Å²) in [5.41, 5.74) is 8.69. The van der Waals surface area contributed by atoms with Gasteiger partial charge in [0, 0.05) is 51.1 Å². The second-order valence-corrected chi connectivity index (χ2v) is 11.8. The van der Waals surface area contributed by atoms with E-state index in [9.17, 15) is 9.90 Å². The zero-order chi connectivity index (χ0) is 34.3. The van der Waals surface area contributed by atoms with Gasteiger partial charge in [0.05, 0.1) is 65.5 Å². The predicted molar refractivity (Wildman–Crippen MR) is 182 cm³/mol. The minimum atomic E-state index is -0.853. The standard InChI is InChI=1S/C37H50N2O9/c1-26(38)37(41)39-22-31(40)36(35(23-39)48-24-27-11-16-33(44-4)34(21-27)47-20-7-17-42-2)28-12-14-30(15-13-28)46-19-8-18-45-25-29-9-5-6-10-32(29)43-3/h5-6,9-16,21,26,31,35-36,40H,7-8,17-20,22-25,38H2,1-4H3/t26-,31+,35-,36-/m0/s1. The number of piperidine rings is 1. The van der Waals surface area contributed by atoms with Gasteiger partial charge in [0.2, 0.25) is 5.91 Å². The van der Waals surface area contributed by atoms with Crippen LogP contribution in [-0.2, 0) is 32.2 Å². The van der Waals surface area contributed by atoms with Crippen molar-refractivity contribution < 1.29 is 43.1 Å². The molecule has 1 fully saturated rings. The number of hydrogen-bond acceptors (Lipinski definition) is 10. The number of β-amino-alcohol motifs (C(OH)–C–C–N with tert-alkyl or cyclic N) is 1. The van der Waals surface area contributed by atoms with Crippen molar-refractivity contribution in [2.24, 2.45) is 5.73 Å². The van der Waals surface area contributed by atoms with E-state index in [4.69, 9.17) is 38.9 Å². The van der Waals surface area contributed by atoms with Crippen molar-refractivity contribution in [2.45, 2.75) is 57.1 Å². The number of rotatable bonds is 19. The minimum Gasteiger partial charge on any atom is -0.496 e. The van der Waals surface area contributed by atoms with Gasteiger partial charge in [0.1, 0.15) is 11.5 Å². The Balaban J connectivity index is 1.37. The minimum absolute atomic E-state index is 0.167. The van der Waals surface area contributed by atoms with Crippen molar-refractivity contribution in [3.63, 3.8) is 0 Å². The first kappa shape index (κ1) is 37.0. The summed E-state index contributed by atoms with van der Waals surface area (Å²) in [7, 11) is 4.91. The molecule has 4 rings (SSSR count). The van der Waals surface area contributed by atoms with Crippen LogP contribution in [0.1, 0.15) is 42.4 Å². The molecule has 3 aromatic carbocycles. The molecule has 4 atom stereocenters. The highest BCUT2D eigenvalue weighted by Gasteiger charge is 2.40. The summed E-state index contributed by atoms with van der Waals surface area (Å²) >= 11 is 0. The average Bonchev–Trinajstić information content (AvgIpc) is 3.10. The zero-order valence-electron chi connectivity index (χ0n) is 28.5. The molecule has 0 radical (unpaired) electrons. The van der Waals surface area contributed by atoms with Crippen LogP contribution in [0, 0.1) is 0 Å². The molecule has 0 unspecified atom stereocenters. The van der Waals surface area contributed by atoms with Crippen molar-refractivity contribution in [2.75, 3.05) is 60.8 Å². The van der Waals surface area contributed by atoms with E-state index in [1.54, 1.807) is 33.2 Å². The van der Waals surface area contributed by atoms with E-state index >= 15 is 0 Å². The second kappa shape index (κ2) is 19.2. The fourth-order valence-corrected chi connectivity index (χ4v) is 5.71. The number of carbonyl (C=O) groups is 1. The van der Waals surface area contributed by atoms with Crippen molar-refractivity contribution in [3.8, 4) is 23.0 Å². The van der Waals surface area contributed by atoms with E-state index in [0.717, 1.165) is 41.0 Å². The van der Waals surface area contributed by atoms with Crippen molar-refractivity contribution in [3.05, 3.63) is 83.4 Å². The molecule has 0 aromatic heterocycles. The second-order valence-electron chi connectivity index (χ2n) is 11.8. The fraction of sp³-hybridized carbons (Fsp3) is 0.486. The Labute approximate surface area is 283 Å². The van der Waals surface area contributed by atoms with Crippen molar-refractivity contribution in [1.29, 1.82) is 0 Å². The number of aliphatic hydroxyl groups excluding tert-OH is 1. The number of nitrogens with zero attached hydrogens (tertiary/aromatic N) is 1. The van der Waals surface area contributed by atoms with Gasteiger partial charge < -0.3 is 48.9 Å². The van der Waals surface area contributed by atoms with Gasteiger partial charge >= 0.3 is 0 Å². The number of likely N-dealkylation sites (tertiary alicyclic amines) is 1. The summed E-state index contributed by atoms with van der Waals surface area (Å²) in [5, 5.41) is 11.3. The number of benzene rings is 3. The third-order valence-corrected chi connectivity index (χ3v) is 8.18. The molecule has 1 aliphatic heterocycles. The topological polar surface area (TPSA) is 131 Å². The number of methoxy groups -OCH3 is 3. The maximum Gasteiger partial charge on any atom is 0.239 e. The van der Waals surface area contributed by atoms with Gasteiger partial charge in [-0.3, -0.25) is 4.79 Å². The molecule has 262 valence electrons. The first-order valence-corrected chi connectivity index (χ1v) is 16.4. The molecule has 3 N–H and O–H groups in total. The highest BCUT2D eigenvalue weighted by atomic mass is 16.5. The quantitative estimate of drug-likeness (QED) is 0.178. The molecule has 11 heteroatoms. The predicted octanol–water partition coefficient (Wildman–Crippen LogP) is 4.32. The molecule has 0 saturated carbocycles. The Bertz CT molecular complexity index is 1400. The van der Waals surface area contributed by atoms with Crippen LogP contribution in [-0.4, -0.2) is 95.0 Å². The first-order chi connectivity index (χ1) is 23.3. The Morgan fingerprint density at radius 3 is 2.31 bits per heavy atom. The van der Waals surface area contributed by atoms with Crippen LogP contribution in [0.15, 0.2) is 66.7 Å². The van der Waals surface area contributed by atoms with Gasteiger partial charge in [-0.2, -0.15) is 0 Å². The van der Waals surface area contributed by atoms with Crippen LogP contribution in [0.3, 0.4) is 0 Å². The number of ether oxygens (including phenoxy) is 7. The van der Waals surface area contributed by atoms with Gasteiger partial charge in [-0.1, -0.05) is 36.4 Å². The number of hydrogen-bond donors (Lipinski definition) is 2. The van der Waals surface area contributed by atoms with Crippen LogP contribution in [0.5, 0.6) is 23.0 Å². The summed E-state index contributed by atoms with van der Waals surface area (Å²) in [6, 6.07) is 20.4. The number of para-hydroxylation sites is 1. The molecule has 1 heterocycles. The van der Waals surface area contributed by atoms with Gasteiger partial charge in [0.15, 0.2) is 11.5 Å². The van der Waals surface area contributed by atoms with Crippen LogP contribution in [0.2, 0.25) is 0 Å². The van der Waals surface area contributed by atoms with Gasteiger partial charge in [-0.05, 0) is 48.4 Å². The van der Waals surface area contributed by atoms with Crippen LogP contribution >= 0.6 is 0 Å². The molecule has 1 saturated heterocycles. The van der Waals surface area contributed by atoms with Crippen molar-refractivity contribution >= 4 is 5.91 Å². The molecule has 11 nitrogen and oxygen atoms in total. The van der Waals surface area contributed by atoms with Crippen molar-refractivity contribution in [1.82, 2.24) is 4.90 Å². The lowest BCUT2D eigenvalue weighted by molar-refractivity contribution is -0.143. The van der Waals surface area contributed by atoms with Crippen LogP contribution < -0.4 is 24.7 Å². The molecule has 0 spiro atoms. The monoisotopic (exact) mass is 666 g/mol. The highest BCUT2D eigenvalue weighted by molar-refractivity contribution is 5.81. The van der Waals surface area contributed by atoms with Gasteiger partial charge in [0.25, 0.3) is 0 Å². The van der Waals surface area contributed by atoms with E-state index in [1.807, 2.05) is 66.7 Å². The molecule has 3 aromatic rings. The highest BCUT2D eigenvalue weighted by Crippen LogP contribution is 2.34. The fourth-order valence-electron chi connectivity index (χ4n) is 5.71. The summed E-state index contributed by atoms with van der Waals surface area (Å²) < 4.78 is 40.1. The summed E-state index contributed by atoms with van der Waals surface area (Å²) in [5.74, 6) is 2.17. The average molecular weight is 667 g/mol. The van der Waals surface area contributed by atoms with E-state index in [-0.39, 0.29) is 25.0 Å². The number of nitrogens with two attached hydrogens (primary N) is 1. The Hall–Kier alpha value is -3.87. The van der Waals surface area contributed by atoms with Gasteiger partial charge in [-0.15, -0.1) is 0 Å². The molecule has 1 aliphatic rings. The normalized spacial score (nSPS) is 18.3. The van der Waals surface area contributed by atoms with E-state index in [2.05, 4.69) is 0 Å².